The van der Waals surface area contributed by atoms with Crippen molar-refractivity contribution >= 4 is 17.4 Å². The Morgan fingerprint density at radius 1 is 1.26 bits per heavy atom. The number of benzene rings is 1. The molecule has 1 fully saturated rings. The Labute approximate surface area is 160 Å². The number of hydrogen-bond acceptors (Lipinski definition) is 4. The first-order valence-electron chi connectivity index (χ1n) is 9.51. The third kappa shape index (κ3) is 4.06. The van der Waals surface area contributed by atoms with Crippen molar-refractivity contribution < 1.29 is 19.4 Å². The van der Waals surface area contributed by atoms with E-state index in [1.54, 1.807) is 4.90 Å². The van der Waals surface area contributed by atoms with Crippen molar-refractivity contribution in [3.05, 3.63) is 41.5 Å². The van der Waals surface area contributed by atoms with E-state index >= 15 is 0 Å². The molecule has 1 aliphatic heterocycles. The topological polar surface area (TPSA) is 78.9 Å². The van der Waals surface area contributed by atoms with E-state index < -0.39 is 0 Å². The van der Waals surface area contributed by atoms with Gasteiger partial charge in [-0.3, -0.25) is 9.59 Å². The van der Waals surface area contributed by atoms with E-state index in [4.69, 9.17) is 4.74 Å². The molecule has 0 saturated carbocycles. The lowest BCUT2D eigenvalue weighted by atomic mass is 9.74. The van der Waals surface area contributed by atoms with Crippen molar-refractivity contribution in [2.24, 2.45) is 0 Å². The second-order valence-corrected chi connectivity index (χ2v) is 7.25. The van der Waals surface area contributed by atoms with Crippen LogP contribution < -0.4 is 5.32 Å². The van der Waals surface area contributed by atoms with Crippen LogP contribution in [0, 0.1) is 0 Å². The molecule has 0 radical (unpaired) electrons. The molecule has 0 aromatic heterocycles. The highest BCUT2D eigenvalue weighted by Gasteiger charge is 2.49. The zero-order valence-electron chi connectivity index (χ0n) is 16.0. The zero-order valence-corrected chi connectivity index (χ0v) is 16.0. The van der Waals surface area contributed by atoms with Gasteiger partial charge in [-0.15, -0.1) is 0 Å². The number of carbonyl (C=O) groups excluding carboxylic acids is 2. The summed E-state index contributed by atoms with van der Waals surface area (Å²) in [6, 6.07) is 7.99. The van der Waals surface area contributed by atoms with Crippen LogP contribution in [0.15, 0.2) is 30.3 Å². The first kappa shape index (κ1) is 19.6. The number of nitrogens with zero attached hydrogens (tertiary/aromatic N) is 1. The van der Waals surface area contributed by atoms with Gasteiger partial charge < -0.3 is 20.1 Å². The van der Waals surface area contributed by atoms with Gasteiger partial charge in [0.2, 0.25) is 11.8 Å². The molecule has 1 aliphatic carbocycles. The van der Waals surface area contributed by atoms with Crippen LogP contribution in [-0.2, 0) is 14.3 Å². The Hall–Kier alpha value is -2.18. The number of aliphatic hydroxyl groups is 1. The molecule has 2 N–H and O–H groups in total. The van der Waals surface area contributed by atoms with Gasteiger partial charge in [-0.25, -0.2) is 0 Å². The van der Waals surface area contributed by atoms with Crippen LogP contribution in [0.2, 0.25) is 0 Å². The van der Waals surface area contributed by atoms with Crippen molar-refractivity contribution in [3.63, 3.8) is 0 Å². The highest BCUT2D eigenvalue weighted by molar-refractivity contribution is 5.78. The van der Waals surface area contributed by atoms with Crippen molar-refractivity contribution in [1.82, 2.24) is 10.2 Å². The molecule has 1 aromatic rings. The largest absolute Gasteiger partial charge is 0.394 e. The van der Waals surface area contributed by atoms with Crippen molar-refractivity contribution in [2.75, 3.05) is 26.9 Å². The average molecular weight is 372 g/mol. The molecule has 2 amide bonds. The van der Waals surface area contributed by atoms with Crippen LogP contribution in [0.4, 0.5) is 0 Å². The molecule has 3 atom stereocenters. The predicted octanol–water partition coefficient (Wildman–Crippen LogP) is 1.69. The standard InChI is InChI=1S/C21H28N2O4/c1-14(25)23-18(11-22-20(26)13-27-2)21(19(23)12-24)17-9-7-16(8-10-17)15-5-3-4-6-15/h5,7-10,18-19,21,24H,3-4,6,11-13H2,1-2H3,(H,22,26)/t18-,19-,21-/m1/s1. The van der Waals surface area contributed by atoms with Crippen LogP contribution >= 0.6 is 0 Å². The monoisotopic (exact) mass is 372 g/mol. The van der Waals surface area contributed by atoms with E-state index in [1.807, 2.05) is 0 Å². The van der Waals surface area contributed by atoms with Crippen LogP contribution in [0.1, 0.15) is 43.2 Å². The highest BCUT2D eigenvalue weighted by Crippen LogP contribution is 2.41. The van der Waals surface area contributed by atoms with Gasteiger partial charge in [-0.2, -0.15) is 0 Å². The number of rotatable bonds is 7. The zero-order chi connectivity index (χ0) is 19.4. The van der Waals surface area contributed by atoms with Crippen molar-refractivity contribution in [2.45, 2.75) is 44.2 Å². The molecule has 6 nitrogen and oxygen atoms in total. The highest BCUT2D eigenvalue weighted by atomic mass is 16.5. The van der Waals surface area contributed by atoms with Gasteiger partial charge in [-0.1, -0.05) is 30.3 Å². The van der Waals surface area contributed by atoms with Gasteiger partial charge in [0, 0.05) is 26.5 Å². The number of allylic oxidation sites excluding steroid dienone is 2. The minimum absolute atomic E-state index is 0.00616. The number of carbonyl (C=O) groups is 2. The number of likely N-dealkylation sites (tertiary alicyclic amines) is 1. The normalized spacial score (nSPS) is 24.3. The SMILES string of the molecule is COCC(=O)NC[C@@H]1[C@@H](c2ccc(C3=CCCC3)cc2)[C@@H](CO)N1C(C)=O. The lowest BCUT2D eigenvalue weighted by Crippen LogP contribution is -2.68. The maximum absolute atomic E-state index is 12.1. The van der Waals surface area contributed by atoms with Crippen LogP contribution in [0.5, 0.6) is 0 Å². The van der Waals surface area contributed by atoms with E-state index in [-0.39, 0.29) is 43.0 Å². The summed E-state index contributed by atoms with van der Waals surface area (Å²) >= 11 is 0. The van der Waals surface area contributed by atoms with Gasteiger partial charge in [-0.05, 0) is 36.0 Å². The minimum Gasteiger partial charge on any atom is -0.394 e. The summed E-state index contributed by atoms with van der Waals surface area (Å²) in [5.74, 6) is -0.312. The second-order valence-electron chi connectivity index (χ2n) is 7.25. The van der Waals surface area contributed by atoms with E-state index in [0.717, 1.165) is 18.4 Å². The van der Waals surface area contributed by atoms with Gasteiger partial charge in [0.1, 0.15) is 6.61 Å². The molecule has 1 heterocycles. The first-order valence-corrected chi connectivity index (χ1v) is 9.51. The van der Waals surface area contributed by atoms with E-state index in [2.05, 4.69) is 35.7 Å². The van der Waals surface area contributed by atoms with Gasteiger partial charge in [0.25, 0.3) is 0 Å². The molecule has 0 spiro atoms. The molecule has 1 aromatic carbocycles. The Bertz CT molecular complexity index is 713. The van der Waals surface area contributed by atoms with Gasteiger partial charge >= 0.3 is 0 Å². The van der Waals surface area contributed by atoms with Crippen molar-refractivity contribution in [1.29, 1.82) is 0 Å². The maximum Gasteiger partial charge on any atom is 0.246 e. The summed E-state index contributed by atoms with van der Waals surface area (Å²) in [6.07, 6.45) is 5.76. The predicted molar refractivity (Wildman–Crippen MR) is 103 cm³/mol. The fourth-order valence-corrected chi connectivity index (χ4v) is 4.34. The smallest absolute Gasteiger partial charge is 0.246 e. The third-order valence-corrected chi connectivity index (χ3v) is 5.59. The number of hydrogen-bond donors (Lipinski definition) is 2. The Morgan fingerprint density at radius 3 is 2.56 bits per heavy atom. The number of amides is 2. The molecule has 3 rings (SSSR count). The van der Waals surface area contributed by atoms with Crippen LogP contribution in [-0.4, -0.2) is 60.8 Å². The minimum atomic E-state index is -0.261. The molecule has 2 aliphatic rings. The molecular formula is C21H28N2O4. The summed E-state index contributed by atoms with van der Waals surface area (Å²) in [4.78, 5) is 25.5. The molecule has 0 unspecified atom stereocenters. The van der Waals surface area contributed by atoms with E-state index in [0.29, 0.717) is 6.54 Å². The Balaban J connectivity index is 1.77. The Kier molecular flexibility index (Phi) is 6.29. The molecule has 6 heteroatoms. The quantitative estimate of drug-likeness (QED) is 0.763. The first-order chi connectivity index (χ1) is 13.1. The van der Waals surface area contributed by atoms with Crippen LogP contribution in [0.25, 0.3) is 5.57 Å². The van der Waals surface area contributed by atoms with Gasteiger partial charge in [0.15, 0.2) is 0 Å². The maximum atomic E-state index is 12.1. The Morgan fingerprint density at radius 2 is 2.00 bits per heavy atom. The molecule has 27 heavy (non-hydrogen) atoms. The molecule has 1 saturated heterocycles. The lowest BCUT2D eigenvalue weighted by Gasteiger charge is -2.54. The lowest BCUT2D eigenvalue weighted by molar-refractivity contribution is -0.148. The van der Waals surface area contributed by atoms with Crippen molar-refractivity contribution in [3.8, 4) is 0 Å². The summed E-state index contributed by atoms with van der Waals surface area (Å²) in [7, 11) is 1.47. The third-order valence-electron chi connectivity index (χ3n) is 5.59. The summed E-state index contributed by atoms with van der Waals surface area (Å²) < 4.78 is 4.84. The number of aliphatic hydroxyl groups excluding tert-OH is 1. The fourth-order valence-electron chi connectivity index (χ4n) is 4.34. The number of ether oxygens (including phenoxy) is 1. The average Bonchev–Trinajstić information content (AvgIpc) is 3.16. The molecular weight excluding hydrogens is 344 g/mol. The summed E-state index contributed by atoms with van der Waals surface area (Å²) in [5.41, 5.74) is 3.71. The molecule has 0 bridgehead atoms. The summed E-state index contributed by atoms with van der Waals surface area (Å²) in [6.45, 7) is 1.73. The molecule has 146 valence electrons. The number of methoxy groups -OCH3 is 1. The van der Waals surface area contributed by atoms with Crippen LogP contribution in [0.3, 0.4) is 0 Å². The van der Waals surface area contributed by atoms with E-state index in [1.165, 1.54) is 31.6 Å². The summed E-state index contributed by atoms with van der Waals surface area (Å²) in [5, 5.41) is 12.7. The fraction of sp³-hybridized carbons (Fsp3) is 0.524. The van der Waals surface area contributed by atoms with E-state index in [9.17, 15) is 14.7 Å². The number of nitrogens with one attached hydrogen (secondary N) is 1. The van der Waals surface area contributed by atoms with Gasteiger partial charge in [0.05, 0.1) is 18.7 Å². The second kappa shape index (κ2) is 8.67.